The first-order valence-electron chi connectivity index (χ1n) is 10.5. The van der Waals surface area contributed by atoms with Gasteiger partial charge in [0.25, 0.3) is 10.0 Å². The molecule has 0 unspecified atom stereocenters. The molecule has 0 bridgehead atoms. The molecule has 4 rings (SSSR count). The van der Waals surface area contributed by atoms with Crippen LogP contribution in [0.15, 0.2) is 88.7 Å². The van der Waals surface area contributed by atoms with E-state index in [-0.39, 0.29) is 22.2 Å². The van der Waals surface area contributed by atoms with E-state index in [1.54, 1.807) is 54.6 Å². The number of nitrogens with one attached hydrogen (secondary N) is 1. The van der Waals surface area contributed by atoms with Crippen molar-refractivity contribution >= 4 is 44.0 Å². The standard InChI is InChI=1S/C26H22FNO4S2/c1-17(29)14-15-33-25-16-24(22-4-2-3-5-23(22)26(25)30)28-34(31,32)21-12-8-19(9-13-21)18-6-10-20(27)11-7-18/h2-13,16,28,30H,14-15H2,1H3. The summed E-state index contributed by atoms with van der Waals surface area (Å²) in [6.45, 7) is 1.50. The molecule has 34 heavy (non-hydrogen) atoms. The van der Waals surface area contributed by atoms with E-state index in [9.17, 15) is 22.7 Å². The summed E-state index contributed by atoms with van der Waals surface area (Å²) in [5, 5.41) is 11.8. The molecule has 0 atom stereocenters. The van der Waals surface area contributed by atoms with Gasteiger partial charge in [0.15, 0.2) is 0 Å². The normalized spacial score (nSPS) is 11.5. The smallest absolute Gasteiger partial charge is 0.261 e. The van der Waals surface area contributed by atoms with Crippen LogP contribution in [0.1, 0.15) is 13.3 Å². The molecule has 0 spiro atoms. The van der Waals surface area contributed by atoms with Crippen LogP contribution < -0.4 is 4.72 Å². The van der Waals surface area contributed by atoms with Crippen LogP contribution in [0.5, 0.6) is 5.75 Å². The first kappa shape index (κ1) is 23.8. The number of phenols is 1. The van der Waals surface area contributed by atoms with Gasteiger partial charge < -0.3 is 5.11 Å². The molecule has 174 valence electrons. The zero-order valence-electron chi connectivity index (χ0n) is 18.3. The van der Waals surface area contributed by atoms with Crippen LogP contribution in [0, 0.1) is 5.82 Å². The Morgan fingerprint density at radius 3 is 2.15 bits per heavy atom. The third-order valence-electron chi connectivity index (χ3n) is 5.28. The first-order chi connectivity index (χ1) is 16.2. The Kier molecular flexibility index (Phi) is 6.90. The van der Waals surface area contributed by atoms with Gasteiger partial charge in [-0.05, 0) is 48.4 Å². The van der Waals surface area contributed by atoms with Crippen LogP contribution in [-0.2, 0) is 14.8 Å². The quantitative estimate of drug-likeness (QED) is 0.224. The number of thioether (sulfide) groups is 1. The third kappa shape index (κ3) is 5.24. The molecular formula is C26H22FNO4S2. The number of aromatic hydroxyl groups is 1. The Bertz CT molecular complexity index is 1450. The molecule has 0 fully saturated rings. The molecule has 8 heteroatoms. The van der Waals surface area contributed by atoms with Gasteiger partial charge in [-0.15, -0.1) is 11.8 Å². The van der Waals surface area contributed by atoms with E-state index in [1.165, 1.54) is 43.0 Å². The molecule has 4 aromatic carbocycles. The molecule has 0 aromatic heterocycles. The highest BCUT2D eigenvalue weighted by atomic mass is 32.2. The minimum Gasteiger partial charge on any atom is -0.506 e. The summed E-state index contributed by atoms with van der Waals surface area (Å²) >= 11 is 1.29. The number of hydrogen-bond donors (Lipinski definition) is 2. The molecule has 2 N–H and O–H groups in total. The fourth-order valence-electron chi connectivity index (χ4n) is 3.51. The lowest BCUT2D eigenvalue weighted by Crippen LogP contribution is -2.13. The molecule has 0 heterocycles. The predicted octanol–water partition coefficient (Wildman–Crippen LogP) is 6.22. The number of sulfonamides is 1. The number of benzene rings is 4. The monoisotopic (exact) mass is 495 g/mol. The van der Waals surface area contributed by atoms with Crippen LogP contribution >= 0.6 is 11.8 Å². The van der Waals surface area contributed by atoms with Gasteiger partial charge in [0.2, 0.25) is 0 Å². The number of ketones is 1. The number of rotatable bonds is 8. The van der Waals surface area contributed by atoms with E-state index in [0.29, 0.717) is 33.5 Å². The molecule has 0 aliphatic heterocycles. The second-order valence-electron chi connectivity index (χ2n) is 7.75. The Morgan fingerprint density at radius 2 is 1.53 bits per heavy atom. The molecule has 0 radical (unpaired) electrons. The zero-order chi connectivity index (χ0) is 24.3. The number of Topliss-reactive ketones (excluding diaryl/α,β-unsaturated/α-hetero) is 1. The average Bonchev–Trinajstić information content (AvgIpc) is 2.82. The maximum absolute atomic E-state index is 13.2. The molecule has 5 nitrogen and oxygen atoms in total. The van der Waals surface area contributed by atoms with Crippen LogP contribution in [0.4, 0.5) is 10.1 Å². The lowest BCUT2D eigenvalue weighted by Gasteiger charge is -2.15. The van der Waals surface area contributed by atoms with Gasteiger partial charge in [0, 0.05) is 22.9 Å². The molecule has 0 aliphatic carbocycles. The summed E-state index contributed by atoms with van der Waals surface area (Å²) in [6.07, 6.45) is 0.346. The highest BCUT2D eigenvalue weighted by molar-refractivity contribution is 7.99. The fourth-order valence-corrected chi connectivity index (χ4v) is 5.63. The second kappa shape index (κ2) is 9.87. The van der Waals surface area contributed by atoms with E-state index in [4.69, 9.17) is 0 Å². The van der Waals surface area contributed by atoms with E-state index in [1.807, 2.05) is 0 Å². The highest BCUT2D eigenvalue weighted by Gasteiger charge is 2.19. The van der Waals surface area contributed by atoms with Crippen LogP contribution in [0.25, 0.3) is 21.9 Å². The number of halogens is 1. The van der Waals surface area contributed by atoms with E-state index in [0.717, 1.165) is 11.1 Å². The van der Waals surface area contributed by atoms with Gasteiger partial charge in [0.1, 0.15) is 17.3 Å². The number of carbonyl (C=O) groups is 1. The number of anilines is 1. The highest BCUT2D eigenvalue weighted by Crippen LogP contribution is 2.40. The molecule has 4 aromatic rings. The van der Waals surface area contributed by atoms with Gasteiger partial charge in [-0.3, -0.25) is 9.52 Å². The Hall–Kier alpha value is -3.36. The van der Waals surface area contributed by atoms with Gasteiger partial charge in [-0.25, -0.2) is 12.8 Å². The first-order valence-corrected chi connectivity index (χ1v) is 13.0. The number of phenolic OH excluding ortho intramolecular Hbond substituents is 1. The molecule has 0 saturated heterocycles. The number of fused-ring (bicyclic) bond motifs is 1. The fraction of sp³-hybridized carbons (Fsp3) is 0.115. The summed E-state index contributed by atoms with van der Waals surface area (Å²) in [7, 11) is -3.93. The van der Waals surface area contributed by atoms with Crippen LogP contribution in [0.3, 0.4) is 0 Å². The minimum absolute atomic E-state index is 0.0396. The maximum atomic E-state index is 13.2. The Balaban J connectivity index is 1.66. The zero-order valence-corrected chi connectivity index (χ0v) is 19.9. The molecular weight excluding hydrogens is 473 g/mol. The molecule has 0 amide bonds. The second-order valence-corrected chi connectivity index (χ2v) is 10.6. The van der Waals surface area contributed by atoms with Crippen molar-refractivity contribution in [1.82, 2.24) is 0 Å². The van der Waals surface area contributed by atoms with Crippen molar-refractivity contribution in [3.8, 4) is 16.9 Å². The largest absolute Gasteiger partial charge is 0.506 e. The molecule has 0 aliphatic rings. The van der Waals surface area contributed by atoms with Crippen molar-refractivity contribution < 1.29 is 22.7 Å². The van der Waals surface area contributed by atoms with Gasteiger partial charge in [-0.2, -0.15) is 0 Å². The Morgan fingerprint density at radius 1 is 0.941 bits per heavy atom. The van der Waals surface area contributed by atoms with Crippen molar-refractivity contribution in [3.63, 3.8) is 0 Å². The van der Waals surface area contributed by atoms with Crippen molar-refractivity contribution in [3.05, 3.63) is 84.7 Å². The topological polar surface area (TPSA) is 83.5 Å². The van der Waals surface area contributed by atoms with Crippen molar-refractivity contribution in [2.75, 3.05) is 10.5 Å². The summed E-state index contributed by atoms with van der Waals surface area (Å²) < 4.78 is 42.1. The summed E-state index contributed by atoms with van der Waals surface area (Å²) in [6, 6.07) is 20.8. The van der Waals surface area contributed by atoms with Crippen LogP contribution in [-0.4, -0.2) is 25.1 Å². The lowest BCUT2D eigenvalue weighted by molar-refractivity contribution is -0.116. The van der Waals surface area contributed by atoms with E-state index >= 15 is 0 Å². The van der Waals surface area contributed by atoms with Gasteiger partial charge >= 0.3 is 0 Å². The SMILES string of the molecule is CC(=O)CCSc1cc(NS(=O)(=O)c2ccc(-c3ccc(F)cc3)cc2)c2ccccc2c1O. The van der Waals surface area contributed by atoms with Gasteiger partial charge in [-0.1, -0.05) is 48.5 Å². The predicted molar refractivity (Wildman–Crippen MR) is 134 cm³/mol. The van der Waals surface area contributed by atoms with Crippen molar-refractivity contribution in [1.29, 1.82) is 0 Å². The summed E-state index contributed by atoms with van der Waals surface area (Å²) in [5.41, 5.74) is 1.87. The van der Waals surface area contributed by atoms with E-state index in [2.05, 4.69) is 4.72 Å². The van der Waals surface area contributed by atoms with E-state index < -0.39 is 10.0 Å². The third-order valence-corrected chi connectivity index (χ3v) is 7.69. The number of carbonyl (C=O) groups excluding carboxylic acids is 1. The van der Waals surface area contributed by atoms with Crippen molar-refractivity contribution in [2.24, 2.45) is 0 Å². The number of hydrogen-bond acceptors (Lipinski definition) is 5. The van der Waals surface area contributed by atoms with Crippen molar-refractivity contribution in [2.45, 2.75) is 23.1 Å². The minimum atomic E-state index is -3.93. The summed E-state index contributed by atoms with van der Waals surface area (Å²) in [5.74, 6) is 0.221. The summed E-state index contributed by atoms with van der Waals surface area (Å²) in [4.78, 5) is 11.8. The molecule has 0 saturated carbocycles. The van der Waals surface area contributed by atoms with Crippen LogP contribution in [0.2, 0.25) is 0 Å². The maximum Gasteiger partial charge on any atom is 0.261 e. The average molecular weight is 496 g/mol. The van der Waals surface area contributed by atoms with Gasteiger partial charge in [0.05, 0.1) is 15.5 Å². The lowest BCUT2D eigenvalue weighted by atomic mass is 10.1. The Labute approximate surface area is 201 Å².